The Bertz CT molecular complexity index is 888. The van der Waals surface area contributed by atoms with Gasteiger partial charge in [0, 0.05) is 5.39 Å². The highest BCUT2D eigenvalue weighted by Crippen LogP contribution is 2.24. The van der Waals surface area contributed by atoms with E-state index in [1.54, 1.807) is 19.1 Å². The Morgan fingerprint density at radius 1 is 1.08 bits per heavy atom. The highest BCUT2D eigenvalue weighted by molar-refractivity contribution is 7.12. The van der Waals surface area contributed by atoms with Gasteiger partial charge < -0.3 is 15.4 Å². The molecule has 0 bridgehead atoms. The Balaban J connectivity index is 1.45. The predicted octanol–water partition coefficient (Wildman–Crippen LogP) is 3.21. The third kappa shape index (κ3) is 4.40. The van der Waals surface area contributed by atoms with Crippen LogP contribution in [0.5, 0.6) is 5.75 Å². The van der Waals surface area contributed by atoms with Gasteiger partial charge in [0.15, 0.2) is 0 Å². The van der Waals surface area contributed by atoms with Crippen molar-refractivity contribution in [3.05, 3.63) is 64.9 Å². The number of rotatable bonds is 7. The monoisotopic (exact) mass is 368 g/mol. The molecule has 0 saturated carbocycles. The van der Waals surface area contributed by atoms with E-state index in [4.69, 9.17) is 4.74 Å². The van der Waals surface area contributed by atoms with Crippen LogP contribution in [0.4, 0.5) is 0 Å². The average molecular weight is 368 g/mol. The van der Waals surface area contributed by atoms with Crippen molar-refractivity contribution < 1.29 is 14.3 Å². The van der Waals surface area contributed by atoms with Gasteiger partial charge in [-0.1, -0.05) is 42.5 Å². The zero-order valence-electron chi connectivity index (χ0n) is 14.4. The maximum atomic E-state index is 12.1. The minimum atomic E-state index is -0.609. The lowest BCUT2D eigenvalue weighted by Gasteiger charge is -2.14. The van der Waals surface area contributed by atoms with E-state index in [1.807, 2.05) is 47.8 Å². The van der Waals surface area contributed by atoms with E-state index in [2.05, 4.69) is 10.6 Å². The van der Waals surface area contributed by atoms with Crippen LogP contribution in [0.1, 0.15) is 16.6 Å². The summed E-state index contributed by atoms with van der Waals surface area (Å²) in [5.74, 6) is 0.308. The van der Waals surface area contributed by atoms with Gasteiger partial charge in [-0.25, -0.2) is 0 Å². The second-order valence-electron chi connectivity index (χ2n) is 5.79. The van der Waals surface area contributed by atoms with E-state index in [0.29, 0.717) is 18.0 Å². The Labute approximate surface area is 156 Å². The minimum absolute atomic E-state index is 0.239. The molecule has 0 fully saturated rings. The highest BCUT2D eigenvalue weighted by Gasteiger charge is 2.16. The molecule has 6 heteroatoms. The molecule has 1 aromatic heterocycles. The minimum Gasteiger partial charge on any atom is -0.491 e. The van der Waals surface area contributed by atoms with E-state index < -0.39 is 6.04 Å². The molecule has 5 nitrogen and oxygen atoms in total. The summed E-state index contributed by atoms with van der Waals surface area (Å²) in [4.78, 5) is 24.6. The van der Waals surface area contributed by atoms with E-state index in [9.17, 15) is 9.59 Å². The fourth-order valence-corrected chi connectivity index (χ4v) is 3.18. The van der Waals surface area contributed by atoms with Crippen molar-refractivity contribution in [2.24, 2.45) is 0 Å². The normalized spacial score (nSPS) is 11.7. The summed E-state index contributed by atoms with van der Waals surface area (Å²) in [6, 6.07) is 16.8. The molecule has 0 spiro atoms. The van der Waals surface area contributed by atoms with E-state index in [1.165, 1.54) is 11.3 Å². The third-order valence-electron chi connectivity index (χ3n) is 3.89. The van der Waals surface area contributed by atoms with Crippen molar-refractivity contribution >= 4 is 33.9 Å². The summed E-state index contributed by atoms with van der Waals surface area (Å²) < 4.78 is 5.79. The summed E-state index contributed by atoms with van der Waals surface area (Å²) in [5, 5.41) is 9.43. The van der Waals surface area contributed by atoms with Crippen molar-refractivity contribution in [1.29, 1.82) is 0 Å². The van der Waals surface area contributed by atoms with Crippen molar-refractivity contribution in [2.75, 3.05) is 13.2 Å². The number of amides is 2. The molecule has 0 aliphatic carbocycles. The fourth-order valence-electron chi connectivity index (χ4n) is 2.55. The van der Waals surface area contributed by atoms with Gasteiger partial charge in [-0.05, 0) is 29.8 Å². The SMILES string of the molecule is CC(NC(=O)c1cccs1)C(=O)NCCOc1cccc2ccccc12. The second-order valence-corrected chi connectivity index (χ2v) is 6.74. The Morgan fingerprint density at radius 3 is 2.69 bits per heavy atom. The zero-order valence-corrected chi connectivity index (χ0v) is 15.2. The molecule has 0 radical (unpaired) electrons. The number of benzene rings is 2. The number of carbonyl (C=O) groups is 2. The van der Waals surface area contributed by atoms with Crippen LogP contribution in [0.25, 0.3) is 10.8 Å². The number of fused-ring (bicyclic) bond motifs is 1. The molecule has 0 aliphatic heterocycles. The largest absolute Gasteiger partial charge is 0.491 e. The van der Waals surface area contributed by atoms with Crippen LogP contribution in [-0.4, -0.2) is 31.0 Å². The molecule has 134 valence electrons. The molecule has 2 N–H and O–H groups in total. The summed E-state index contributed by atoms with van der Waals surface area (Å²) in [6.45, 7) is 2.37. The average Bonchev–Trinajstić information content (AvgIpc) is 3.20. The maximum Gasteiger partial charge on any atom is 0.261 e. The lowest BCUT2D eigenvalue weighted by Crippen LogP contribution is -2.45. The Kier molecular flexibility index (Phi) is 5.86. The van der Waals surface area contributed by atoms with Gasteiger partial charge in [0.2, 0.25) is 5.91 Å². The smallest absolute Gasteiger partial charge is 0.261 e. The molecule has 0 aliphatic rings. The standard InChI is InChI=1S/C20H20N2O3S/c1-14(22-20(24)18-10-5-13-26-18)19(23)21-11-12-25-17-9-4-7-15-6-2-3-8-16(15)17/h2-10,13-14H,11-12H2,1H3,(H,21,23)(H,22,24). The topological polar surface area (TPSA) is 67.4 Å². The first-order chi connectivity index (χ1) is 12.6. The van der Waals surface area contributed by atoms with Crippen LogP contribution in [0.2, 0.25) is 0 Å². The molecule has 3 rings (SSSR count). The molecule has 2 amide bonds. The lowest BCUT2D eigenvalue weighted by molar-refractivity contribution is -0.122. The number of ether oxygens (including phenoxy) is 1. The molecule has 26 heavy (non-hydrogen) atoms. The van der Waals surface area contributed by atoms with E-state index in [0.717, 1.165) is 16.5 Å². The molecular weight excluding hydrogens is 348 g/mol. The molecule has 1 atom stereocenters. The summed E-state index contributed by atoms with van der Waals surface area (Å²) in [6.07, 6.45) is 0. The van der Waals surface area contributed by atoms with Crippen molar-refractivity contribution in [1.82, 2.24) is 10.6 Å². The van der Waals surface area contributed by atoms with Crippen LogP contribution in [0.15, 0.2) is 60.0 Å². The first-order valence-corrected chi connectivity index (χ1v) is 9.26. The number of thiophene rings is 1. The summed E-state index contributed by atoms with van der Waals surface area (Å²) in [7, 11) is 0. The maximum absolute atomic E-state index is 12.1. The van der Waals surface area contributed by atoms with Gasteiger partial charge in [0.25, 0.3) is 5.91 Å². The number of hydrogen-bond acceptors (Lipinski definition) is 4. The molecule has 0 saturated heterocycles. The predicted molar refractivity (Wildman–Crippen MR) is 104 cm³/mol. The van der Waals surface area contributed by atoms with Crippen molar-refractivity contribution in [2.45, 2.75) is 13.0 Å². The highest BCUT2D eigenvalue weighted by atomic mass is 32.1. The van der Waals surface area contributed by atoms with Gasteiger partial charge in [0.05, 0.1) is 11.4 Å². The third-order valence-corrected chi connectivity index (χ3v) is 4.76. The fraction of sp³-hybridized carbons (Fsp3) is 0.200. The Hall–Kier alpha value is -2.86. The Morgan fingerprint density at radius 2 is 1.88 bits per heavy atom. The van der Waals surface area contributed by atoms with Crippen molar-refractivity contribution in [3.8, 4) is 5.75 Å². The van der Waals surface area contributed by atoms with Crippen LogP contribution in [-0.2, 0) is 4.79 Å². The second kappa shape index (κ2) is 8.49. The lowest BCUT2D eigenvalue weighted by atomic mass is 10.1. The molecular formula is C20H20N2O3S. The van der Waals surface area contributed by atoms with Gasteiger partial charge in [-0.15, -0.1) is 11.3 Å². The molecule has 1 unspecified atom stereocenters. The molecule has 3 aromatic rings. The summed E-state index contributed by atoms with van der Waals surface area (Å²) >= 11 is 1.34. The first-order valence-electron chi connectivity index (χ1n) is 8.38. The molecule has 2 aromatic carbocycles. The van der Waals surface area contributed by atoms with Gasteiger partial charge >= 0.3 is 0 Å². The van der Waals surface area contributed by atoms with Crippen LogP contribution >= 0.6 is 11.3 Å². The number of nitrogens with one attached hydrogen (secondary N) is 2. The van der Waals surface area contributed by atoms with Gasteiger partial charge in [-0.3, -0.25) is 9.59 Å². The van der Waals surface area contributed by atoms with E-state index in [-0.39, 0.29) is 11.8 Å². The van der Waals surface area contributed by atoms with Crippen LogP contribution in [0.3, 0.4) is 0 Å². The van der Waals surface area contributed by atoms with Gasteiger partial charge in [0.1, 0.15) is 18.4 Å². The van der Waals surface area contributed by atoms with Crippen LogP contribution in [0, 0.1) is 0 Å². The van der Waals surface area contributed by atoms with Gasteiger partial charge in [-0.2, -0.15) is 0 Å². The number of hydrogen-bond donors (Lipinski definition) is 2. The van der Waals surface area contributed by atoms with Crippen molar-refractivity contribution in [3.63, 3.8) is 0 Å². The van der Waals surface area contributed by atoms with E-state index >= 15 is 0 Å². The number of carbonyl (C=O) groups excluding carboxylic acids is 2. The summed E-state index contributed by atoms with van der Waals surface area (Å²) in [5.41, 5.74) is 0. The van der Waals surface area contributed by atoms with Crippen LogP contribution < -0.4 is 15.4 Å². The molecule has 1 heterocycles. The zero-order chi connectivity index (χ0) is 18.4. The first kappa shape index (κ1) is 17.9. The quantitative estimate of drug-likeness (QED) is 0.629.